The molecule has 0 saturated heterocycles. The minimum atomic E-state index is -0.409. The fraction of sp³-hybridized carbons (Fsp3) is 0.182. The molecule has 0 spiro atoms. The van der Waals surface area contributed by atoms with Crippen LogP contribution in [-0.2, 0) is 19.6 Å². The summed E-state index contributed by atoms with van der Waals surface area (Å²) in [4.78, 5) is 19.3. The largest absolute Gasteiger partial charge is 0.497 e. The lowest BCUT2D eigenvalue weighted by atomic mass is 10.2. The van der Waals surface area contributed by atoms with Crippen LogP contribution < -0.4 is 15.4 Å². The second kappa shape index (κ2) is 12.5. The highest BCUT2D eigenvalue weighted by atomic mass is 127. The fourth-order valence-electron chi connectivity index (χ4n) is 2.67. The van der Waals surface area contributed by atoms with Gasteiger partial charge in [-0.1, -0.05) is 30.3 Å². The van der Waals surface area contributed by atoms with Crippen LogP contribution in [0.4, 0.5) is 5.69 Å². The fourth-order valence-corrected chi connectivity index (χ4v) is 2.67. The Morgan fingerprint density at radius 1 is 1.00 bits per heavy atom. The van der Waals surface area contributed by atoms with Crippen LogP contribution in [0.2, 0.25) is 0 Å². The Kier molecular flexibility index (Phi) is 9.69. The van der Waals surface area contributed by atoms with E-state index in [0.717, 1.165) is 22.6 Å². The Balaban J connectivity index is 0.00000341. The van der Waals surface area contributed by atoms with E-state index < -0.39 is 4.92 Å². The predicted molar refractivity (Wildman–Crippen MR) is 131 cm³/mol. The third-order valence-electron chi connectivity index (χ3n) is 4.35. The average Bonchev–Trinajstić information content (AvgIpc) is 2.80. The van der Waals surface area contributed by atoms with Crippen molar-refractivity contribution in [3.05, 3.63) is 99.9 Å². The van der Waals surface area contributed by atoms with Gasteiger partial charge in [-0.3, -0.25) is 15.1 Å². The van der Waals surface area contributed by atoms with Crippen LogP contribution in [0.5, 0.6) is 5.75 Å². The van der Waals surface area contributed by atoms with Crippen LogP contribution in [0.1, 0.15) is 16.8 Å². The van der Waals surface area contributed by atoms with E-state index in [1.807, 2.05) is 42.5 Å². The molecular formula is C22H24IN5O3. The first-order valence-corrected chi connectivity index (χ1v) is 9.42. The van der Waals surface area contributed by atoms with Crippen molar-refractivity contribution in [1.82, 2.24) is 15.6 Å². The van der Waals surface area contributed by atoms with E-state index in [-0.39, 0.29) is 29.7 Å². The monoisotopic (exact) mass is 533 g/mol. The number of aliphatic imine (C=N–C) groups is 1. The Bertz CT molecular complexity index is 980. The van der Waals surface area contributed by atoms with Gasteiger partial charge in [-0.05, 0) is 35.4 Å². The number of non-ortho nitro benzene ring substituents is 1. The van der Waals surface area contributed by atoms with Gasteiger partial charge in [0.1, 0.15) is 5.75 Å². The first kappa shape index (κ1) is 24.1. The van der Waals surface area contributed by atoms with Gasteiger partial charge < -0.3 is 15.4 Å². The minimum Gasteiger partial charge on any atom is -0.497 e. The van der Waals surface area contributed by atoms with Crippen molar-refractivity contribution in [2.24, 2.45) is 4.99 Å². The van der Waals surface area contributed by atoms with Gasteiger partial charge in [-0.2, -0.15) is 0 Å². The highest BCUT2D eigenvalue weighted by Gasteiger charge is 2.05. The number of benzene rings is 2. The predicted octanol–water partition coefficient (Wildman–Crippen LogP) is 4.05. The number of halogens is 1. The SMILES string of the molecule is COc1ccc(CN=C(NCc2ccc([N+](=O)[O-])cc2)NCc2ccccn2)cc1.I. The molecular weight excluding hydrogens is 509 g/mol. The highest BCUT2D eigenvalue weighted by Crippen LogP contribution is 2.13. The summed E-state index contributed by atoms with van der Waals surface area (Å²) in [7, 11) is 1.63. The number of nitrogens with zero attached hydrogens (tertiary/aromatic N) is 3. The Labute approximate surface area is 197 Å². The van der Waals surface area contributed by atoms with E-state index in [1.165, 1.54) is 12.1 Å². The molecule has 0 bridgehead atoms. The summed E-state index contributed by atoms with van der Waals surface area (Å²) in [6, 6.07) is 19.9. The van der Waals surface area contributed by atoms with Crippen LogP contribution >= 0.6 is 24.0 Å². The molecule has 9 heteroatoms. The number of guanidine groups is 1. The normalized spacial score (nSPS) is 10.7. The van der Waals surface area contributed by atoms with E-state index in [9.17, 15) is 10.1 Å². The second-order valence-corrected chi connectivity index (χ2v) is 6.46. The van der Waals surface area contributed by atoms with E-state index in [4.69, 9.17) is 4.74 Å². The standard InChI is InChI=1S/C22H23N5O3.HI/c1-30-21-11-7-18(8-12-21)15-25-22(26-16-19-4-2-3-13-23-19)24-14-17-5-9-20(10-6-17)27(28)29;/h2-13H,14-16H2,1H3,(H2,24,25,26);1H. The molecule has 0 atom stereocenters. The molecule has 1 heterocycles. The molecule has 8 nitrogen and oxygen atoms in total. The lowest BCUT2D eigenvalue weighted by Gasteiger charge is -2.13. The van der Waals surface area contributed by atoms with Crippen molar-refractivity contribution >= 4 is 35.6 Å². The van der Waals surface area contributed by atoms with Gasteiger partial charge in [0.15, 0.2) is 5.96 Å². The van der Waals surface area contributed by atoms with Crippen molar-refractivity contribution in [1.29, 1.82) is 0 Å². The molecule has 0 fully saturated rings. The smallest absolute Gasteiger partial charge is 0.269 e. The van der Waals surface area contributed by atoms with Gasteiger partial charge in [-0.25, -0.2) is 4.99 Å². The molecule has 162 valence electrons. The number of hydrogen-bond donors (Lipinski definition) is 2. The van der Waals surface area contributed by atoms with E-state index in [2.05, 4.69) is 20.6 Å². The van der Waals surface area contributed by atoms with Crippen molar-refractivity contribution < 1.29 is 9.66 Å². The summed E-state index contributed by atoms with van der Waals surface area (Å²) < 4.78 is 5.18. The van der Waals surface area contributed by atoms with E-state index in [0.29, 0.717) is 25.6 Å². The Morgan fingerprint density at radius 2 is 1.68 bits per heavy atom. The average molecular weight is 533 g/mol. The van der Waals surface area contributed by atoms with Crippen LogP contribution in [-0.4, -0.2) is 23.0 Å². The number of nitrogens with one attached hydrogen (secondary N) is 2. The van der Waals surface area contributed by atoms with Gasteiger partial charge in [-0.15, -0.1) is 24.0 Å². The first-order valence-electron chi connectivity index (χ1n) is 9.42. The highest BCUT2D eigenvalue weighted by molar-refractivity contribution is 14.0. The summed E-state index contributed by atoms with van der Waals surface area (Å²) >= 11 is 0. The Morgan fingerprint density at radius 3 is 2.29 bits per heavy atom. The molecule has 0 amide bonds. The number of nitro benzene ring substituents is 1. The molecule has 0 aliphatic rings. The van der Waals surface area contributed by atoms with Gasteiger partial charge in [0.25, 0.3) is 5.69 Å². The second-order valence-electron chi connectivity index (χ2n) is 6.46. The lowest BCUT2D eigenvalue weighted by Crippen LogP contribution is -2.36. The van der Waals surface area contributed by atoms with E-state index in [1.54, 1.807) is 25.4 Å². The number of rotatable bonds is 8. The zero-order valence-electron chi connectivity index (χ0n) is 17.0. The van der Waals surface area contributed by atoms with Crippen LogP contribution in [0, 0.1) is 10.1 Å². The zero-order chi connectivity index (χ0) is 21.2. The van der Waals surface area contributed by atoms with Gasteiger partial charge in [0.05, 0.1) is 30.8 Å². The van der Waals surface area contributed by atoms with Crippen LogP contribution in [0.3, 0.4) is 0 Å². The molecule has 0 aliphatic carbocycles. The van der Waals surface area contributed by atoms with Crippen molar-refractivity contribution in [3.8, 4) is 5.75 Å². The third kappa shape index (κ3) is 7.85. The minimum absolute atomic E-state index is 0. The molecule has 3 aromatic rings. The number of nitro groups is 1. The van der Waals surface area contributed by atoms with Crippen LogP contribution in [0.15, 0.2) is 77.9 Å². The zero-order valence-corrected chi connectivity index (χ0v) is 19.4. The topological polar surface area (TPSA) is 102 Å². The molecule has 0 radical (unpaired) electrons. The summed E-state index contributed by atoms with van der Waals surface area (Å²) in [6.07, 6.45) is 1.75. The number of pyridine rings is 1. The maximum Gasteiger partial charge on any atom is 0.269 e. The third-order valence-corrected chi connectivity index (χ3v) is 4.35. The summed E-state index contributed by atoms with van der Waals surface area (Å²) in [5.74, 6) is 1.42. The molecule has 0 aliphatic heterocycles. The molecule has 31 heavy (non-hydrogen) atoms. The summed E-state index contributed by atoms with van der Waals surface area (Å²) in [5, 5.41) is 17.3. The number of hydrogen-bond acceptors (Lipinski definition) is 5. The molecule has 1 aromatic heterocycles. The number of ether oxygens (including phenoxy) is 1. The summed E-state index contributed by atoms with van der Waals surface area (Å²) in [6.45, 7) is 1.49. The van der Waals surface area contributed by atoms with E-state index >= 15 is 0 Å². The van der Waals surface area contributed by atoms with Gasteiger partial charge >= 0.3 is 0 Å². The van der Waals surface area contributed by atoms with Crippen molar-refractivity contribution in [2.75, 3.05) is 7.11 Å². The molecule has 0 unspecified atom stereocenters. The van der Waals surface area contributed by atoms with Gasteiger partial charge in [0.2, 0.25) is 0 Å². The molecule has 2 N–H and O–H groups in total. The quantitative estimate of drug-likeness (QED) is 0.149. The maximum absolute atomic E-state index is 10.8. The van der Waals surface area contributed by atoms with Gasteiger partial charge in [0, 0.05) is 24.9 Å². The Hall–Kier alpha value is -3.21. The molecule has 3 rings (SSSR count). The molecule has 2 aromatic carbocycles. The van der Waals surface area contributed by atoms with Crippen molar-refractivity contribution in [3.63, 3.8) is 0 Å². The van der Waals surface area contributed by atoms with Crippen LogP contribution in [0.25, 0.3) is 0 Å². The molecule has 0 saturated carbocycles. The summed E-state index contributed by atoms with van der Waals surface area (Å²) in [5.41, 5.74) is 2.93. The van der Waals surface area contributed by atoms with Crippen molar-refractivity contribution in [2.45, 2.75) is 19.6 Å². The first-order chi connectivity index (χ1) is 14.6. The number of aromatic nitrogens is 1. The maximum atomic E-state index is 10.8. The lowest BCUT2D eigenvalue weighted by molar-refractivity contribution is -0.384. The number of methoxy groups -OCH3 is 1.